The molecule has 5 atom stereocenters. The van der Waals surface area contributed by atoms with Crippen LogP contribution >= 0.6 is 0 Å². The average molecular weight is 495 g/mol. The van der Waals surface area contributed by atoms with Crippen LogP contribution in [0.25, 0.3) is 0 Å². The molecule has 0 aliphatic carbocycles. The van der Waals surface area contributed by atoms with E-state index in [0.29, 0.717) is 19.8 Å². The van der Waals surface area contributed by atoms with Crippen LogP contribution < -0.4 is 4.74 Å². The Morgan fingerprint density at radius 1 is 0.639 bits per heavy atom. The lowest BCUT2D eigenvalue weighted by Crippen LogP contribution is -2.61. The van der Waals surface area contributed by atoms with E-state index < -0.39 is 30.7 Å². The fourth-order valence-corrected chi connectivity index (χ4v) is 4.23. The van der Waals surface area contributed by atoms with Crippen LogP contribution in [0.5, 0.6) is 5.75 Å². The van der Waals surface area contributed by atoms with Crippen LogP contribution in [0.15, 0.2) is 84.9 Å². The van der Waals surface area contributed by atoms with Crippen LogP contribution in [-0.2, 0) is 43.5 Å². The van der Waals surface area contributed by atoms with Gasteiger partial charge in [0.15, 0.2) is 6.29 Å². The number of aliphatic hydroxyl groups is 1. The zero-order valence-electron chi connectivity index (χ0n) is 20.7. The Morgan fingerprint density at radius 3 is 1.64 bits per heavy atom. The molecule has 0 aromatic heterocycles. The summed E-state index contributed by atoms with van der Waals surface area (Å²) < 4.78 is 36.1. The van der Waals surface area contributed by atoms with Crippen LogP contribution in [0.4, 0.5) is 0 Å². The second-order valence-electron chi connectivity index (χ2n) is 8.61. The van der Waals surface area contributed by atoms with Gasteiger partial charge in [0.05, 0.1) is 33.5 Å². The van der Waals surface area contributed by atoms with Crippen molar-refractivity contribution < 1.29 is 33.5 Å². The van der Waals surface area contributed by atoms with Gasteiger partial charge in [-0.3, -0.25) is 0 Å². The van der Waals surface area contributed by atoms with Crippen molar-refractivity contribution in [1.82, 2.24) is 0 Å². The summed E-state index contributed by atoms with van der Waals surface area (Å²) in [4.78, 5) is 0. The van der Waals surface area contributed by atoms with Crippen molar-refractivity contribution in [2.45, 2.75) is 50.5 Å². The Morgan fingerprint density at radius 2 is 1.14 bits per heavy atom. The molecule has 0 saturated carbocycles. The zero-order chi connectivity index (χ0) is 25.2. The first-order chi connectivity index (χ1) is 17.7. The monoisotopic (exact) mass is 494 g/mol. The van der Waals surface area contributed by atoms with Crippen molar-refractivity contribution >= 4 is 0 Å². The van der Waals surface area contributed by atoms with Crippen LogP contribution in [0, 0.1) is 0 Å². The molecule has 1 N–H and O–H groups in total. The molecule has 0 unspecified atom stereocenters. The molecular formula is C29H34O7. The SMILES string of the molecule is COc1ccc(CO[C@H]2[C@H](OC)O[C@H](CO)[C@@H](OCc3ccccc3)[C@@H]2OCc2ccccc2)cc1. The first kappa shape index (κ1) is 26.3. The number of rotatable bonds is 12. The zero-order valence-corrected chi connectivity index (χ0v) is 20.7. The van der Waals surface area contributed by atoms with Gasteiger partial charge in [0, 0.05) is 7.11 Å². The lowest BCUT2D eigenvalue weighted by molar-refractivity contribution is -0.321. The average Bonchev–Trinajstić information content (AvgIpc) is 2.95. The van der Waals surface area contributed by atoms with E-state index in [0.717, 1.165) is 22.4 Å². The molecule has 3 aromatic carbocycles. The molecule has 4 rings (SSSR count). The lowest BCUT2D eigenvalue weighted by atomic mass is 9.98. The predicted molar refractivity (Wildman–Crippen MR) is 134 cm³/mol. The minimum atomic E-state index is -0.738. The standard InChI is InChI=1S/C29H34O7/c1-31-24-15-13-23(14-16-24)20-35-28-27(34-19-22-11-7-4-8-12-22)26(25(17-30)36-29(28)32-2)33-18-21-9-5-3-6-10-21/h3-16,25-30H,17-20H2,1-2H3/t25-,26-,27+,28-,29-/m1/s1. The highest BCUT2D eigenvalue weighted by Crippen LogP contribution is 2.31. The highest BCUT2D eigenvalue weighted by atomic mass is 16.7. The first-order valence-corrected chi connectivity index (χ1v) is 12.1. The van der Waals surface area contributed by atoms with Gasteiger partial charge in [-0.25, -0.2) is 0 Å². The van der Waals surface area contributed by atoms with E-state index in [9.17, 15) is 5.11 Å². The van der Waals surface area contributed by atoms with Gasteiger partial charge in [-0.1, -0.05) is 72.8 Å². The van der Waals surface area contributed by atoms with Crippen molar-refractivity contribution in [3.63, 3.8) is 0 Å². The fourth-order valence-electron chi connectivity index (χ4n) is 4.23. The van der Waals surface area contributed by atoms with Crippen molar-refractivity contribution in [2.75, 3.05) is 20.8 Å². The van der Waals surface area contributed by atoms with E-state index in [2.05, 4.69) is 0 Å². The van der Waals surface area contributed by atoms with Crippen LogP contribution in [-0.4, -0.2) is 56.6 Å². The van der Waals surface area contributed by atoms with Gasteiger partial charge in [0.25, 0.3) is 0 Å². The summed E-state index contributed by atoms with van der Waals surface area (Å²) in [7, 11) is 3.19. The van der Waals surface area contributed by atoms with E-state index in [1.54, 1.807) is 14.2 Å². The third-order valence-corrected chi connectivity index (χ3v) is 6.18. The Bertz CT molecular complexity index is 1010. The molecule has 7 heteroatoms. The summed E-state index contributed by atoms with van der Waals surface area (Å²) in [5, 5.41) is 10.1. The molecule has 0 spiro atoms. The lowest BCUT2D eigenvalue weighted by Gasteiger charge is -2.45. The number of ether oxygens (including phenoxy) is 6. The number of methoxy groups -OCH3 is 2. The van der Waals surface area contributed by atoms with Gasteiger partial charge in [0.1, 0.15) is 30.2 Å². The second-order valence-corrected chi connectivity index (χ2v) is 8.61. The third-order valence-electron chi connectivity index (χ3n) is 6.18. The van der Waals surface area contributed by atoms with E-state index in [4.69, 9.17) is 28.4 Å². The Hall–Kier alpha value is -2.78. The first-order valence-electron chi connectivity index (χ1n) is 12.1. The Labute approximate surface area is 212 Å². The summed E-state index contributed by atoms with van der Waals surface area (Å²) in [5.41, 5.74) is 3.01. The molecule has 1 saturated heterocycles. The largest absolute Gasteiger partial charge is 0.497 e. The molecular weight excluding hydrogens is 460 g/mol. The molecule has 0 radical (unpaired) electrons. The summed E-state index contributed by atoms with van der Waals surface area (Å²) >= 11 is 0. The summed E-state index contributed by atoms with van der Waals surface area (Å²) in [5.74, 6) is 0.777. The Balaban J connectivity index is 1.55. The van der Waals surface area contributed by atoms with Crippen molar-refractivity contribution in [3.05, 3.63) is 102 Å². The minimum absolute atomic E-state index is 0.240. The molecule has 0 bridgehead atoms. The summed E-state index contributed by atoms with van der Waals surface area (Å²) in [6, 6.07) is 27.5. The van der Waals surface area contributed by atoms with Crippen LogP contribution in [0.2, 0.25) is 0 Å². The molecule has 192 valence electrons. The summed E-state index contributed by atoms with van der Waals surface area (Å²) in [6.45, 7) is 0.779. The highest BCUT2D eigenvalue weighted by molar-refractivity contribution is 5.26. The van der Waals surface area contributed by atoms with Gasteiger partial charge in [-0.2, -0.15) is 0 Å². The van der Waals surface area contributed by atoms with Crippen molar-refractivity contribution in [1.29, 1.82) is 0 Å². The molecule has 1 fully saturated rings. The molecule has 0 amide bonds. The van der Waals surface area contributed by atoms with Crippen LogP contribution in [0.3, 0.4) is 0 Å². The summed E-state index contributed by atoms with van der Waals surface area (Å²) in [6.07, 6.45) is -3.10. The van der Waals surface area contributed by atoms with E-state index >= 15 is 0 Å². The van der Waals surface area contributed by atoms with Gasteiger partial charge in [0.2, 0.25) is 0 Å². The topological polar surface area (TPSA) is 75.6 Å². The maximum Gasteiger partial charge on any atom is 0.186 e. The maximum absolute atomic E-state index is 10.1. The van der Waals surface area contributed by atoms with Crippen molar-refractivity contribution in [2.24, 2.45) is 0 Å². The highest BCUT2D eigenvalue weighted by Gasteiger charge is 2.48. The molecule has 1 heterocycles. The molecule has 1 aliphatic rings. The van der Waals surface area contributed by atoms with Gasteiger partial charge in [-0.05, 0) is 28.8 Å². The molecule has 1 aliphatic heterocycles. The van der Waals surface area contributed by atoms with Crippen molar-refractivity contribution in [3.8, 4) is 5.75 Å². The smallest absolute Gasteiger partial charge is 0.186 e. The maximum atomic E-state index is 10.1. The molecule has 7 nitrogen and oxygen atoms in total. The number of aliphatic hydroxyl groups excluding tert-OH is 1. The van der Waals surface area contributed by atoms with E-state index in [1.165, 1.54) is 0 Å². The Kier molecular flexibility index (Phi) is 9.86. The fraction of sp³-hybridized carbons (Fsp3) is 0.379. The van der Waals surface area contributed by atoms with Crippen LogP contribution in [0.1, 0.15) is 16.7 Å². The van der Waals surface area contributed by atoms with Gasteiger partial charge >= 0.3 is 0 Å². The molecule has 3 aromatic rings. The number of hydrogen-bond acceptors (Lipinski definition) is 7. The van der Waals surface area contributed by atoms with Gasteiger partial charge in [-0.15, -0.1) is 0 Å². The quantitative estimate of drug-likeness (QED) is 0.406. The second kappa shape index (κ2) is 13.5. The third kappa shape index (κ3) is 6.91. The number of hydrogen-bond donors (Lipinski definition) is 1. The molecule has 36 heavy (non-hydrogen) atoms. The van der Waals surface area contributed by atoms with Gasteiger partial charge < -0.3 is 33.5 Å². The number of benzene rings is 3. The minimum Gasteiger partial charge on any atom is -0.497 e. The normalized spacial score (nSPS) is 23.9. The van der Waals surface area contributed by atoms with E-state index in [-0.39, 0.29) is 6.61 Å². The van der Waals surface area contributed by atoms with E-state index in [1.807, 2.05) is 84.9 Å². The predicted octanol–water partition coefficient (Wildman–Crippen LogP) is 4.11.